The quantitative estimate of drug-likeness (QED) is 0.623. The minimum Gasteiger partial charge on any atom is -0.366 e. The van der Waals surface area contributed by atoms with Crippen LogP contribution in [0, 0.1) is 5.82 Å². The number of nitrogens with two attached hydrogens (primary N) is 1. The van der Waals surface area contributed by atoms with Gasteiger partial charge in [-0.2, -0.15) is 0 Å². The molecule has 0 bridgehead atoms. The molecule has 1 amide bonds. The third-order valence-electron chi connectivity index (χ3n) is 4.94. The number of carbonyl (C=O) groups excluding carboxylic acids is 2. The Morgan fingerprint density at radius 3 is 2.81 bits per heavy atom. The van der Waals surface area contributed by atoms with E-state index in [1.807, 2.05) is 30.3 Å². The molecule has 0 saturated carbocycles. The fraction of sp³-hybridized carbons (Fsp3) is 0.143. The number of rotatable bonds is 4. The summed E-state index contributed by atoms with van der Waals surface area (Å²) in [5.41, 5.74) is 7.64. The largest absolute Gasteiger partial charge is 0.366 e. The molecular weight excluding hydrogens is 345 g/mol. The van der Waals surface area contributed by atoms with E-state index in [1.54, 1.807) is 0 Å². The second kappa shape index (κ2) is 6.48. The maximum absolute atomic E-state index is 15.2. The fourth-order valence-electron chi connectivity index (χ4n) is 3.77. The molecule has 2 aromatic carbocycles. The van der Waals surface area contributed by atoms with Gasteiger partial charge in [-0.15, -0.1) is 0 Å². The summed E-state index contributed by atoms with van der Waals surface area (Å²) >= 11 is 0. The molecule has 5 nitrogen and oxygen atoms in total. The summed E-state index contributed by atoms with van der Waals surface area (Å²) < 4.78 is 15.2. The molecule has 136 valence electrons. The number of carbonyl (C=O) groups is 2. The number of benzene rings is 2. The number of hydrogen-bond donors (Lipinski definition) is 3. The van der Waals surface area contributed by atoms with Crippen LogP contribution in [0.5, 0.6) is 0 Å². The van der Waals surface area contributed by atoms with Gasteiger partial charge in [0, 0.05) is 21.9 Å². The molecule has 0 saturated heterocycles. The maximum Gasteiger partial charge on any atom is 0.250 e. The highest BCUT2D eigenvalue weighted by Gasteiger charge is 2.29. The Morgan fingerprint density at radius 1 is 1.30 bits per heavy atom. The smallest absolute Gasteiger partial charge is 0.250 e. The van der Waals surface area contributed by atoms with Gasteiger partial charge in [-0.1, -0.05) is 30.9 Å². The molecule has 0 fully saturated rings. The highest BCUT2D eigenvalue weighted by molar-refractivity contribution is 6.19. The van der Waals surface area contributed by atoms with Crippen molar-refractivity contribution in [1.82, 2.24) is 10.3 Å². The number of amides is 1. The normalized spacial score (nSPS) is 17.1. The van der Waals surface area contributed by atoms with E-state index in [0.29, 0.717) is 35.0 Å². The van der Waals surface area contributed by atoms with Gasteiger partial charge in [-0.05, 0) is 36.7 Å². The van der Waals surface area contributed by atoms with Crippen LogP contribution in [0.3, 0.4) is 0 Å². The van der Waals surface area contributed by atoms with Gasteiger partial charge in [0.1, 0.15) is 5.82 Å². The molecule has 3 aromatic rings. The molecule has 4 N–H and O–H groups in total. The van der Waals surface area contributed by atoms with Crippen molar-refractivity contribution < 1.29 is 14.0 Å². The van der Waals surface area contributed by atoms with Crippen LogP contribution < -0.4 is 11.1 Å². The SMILES string of the molecule is C=CC(=O)C1NCCC=C1c1c(F)cc(C(N)=O)c2[nH]c3ccccc3c12. The zero-order valence-corrected chi connectivity index (χ0v) is 14.5. The minimum absolute atomic E-state index is 0.0819. The van der Waals surface area contributed by atoms with Crippen molar-refractivity contribution >= 4 is 39.1 Å². The first-order valence-corrected chi connectivity index (χ1v) is 8.65. The molecule has 27 heavy (non-hydrogen) atoms. The Balaban J connectivity index is 2.12. The maximum atomic E-state index is 15.2. The van der Waals surface area contributed by atoms with Gasteiger partial charge >= 0.3 is 0 Å². The highest BCUT2D eigenvalue weighted by atomic mass is 19.1. The average molecular weight is 363 g/mol. The number of hydrogen-bond acceptors (Lipinski definition) is 3. The number of para-hydroxylation sites is 1. The predicted octanol–water partition coefficient (Wildman–Crippen LogP) is 3.06. The molecule has 2 heterocycles. The Morgan fingerprint density at radius 2 is 2.07 bits per heavy atom. The molecule has 0 aliphatic carbocycles. The minimum atomic E-state index is -0.716. The van der Waals surface area contributed by atoms with Crippen molar-refractivity contribution in [2.24, 2.45) is 5.73 Å². The van der Waals surface area contributed by atoms with Gasteiger partial charge in [-0.25, -0.2) is 4.39 Å². The first kappa shape index (κ1) is 17.2. The molecule has 1 aromatic heterocycles. The van der Waals surface area contributed by atoms with Crippen LogP contribution in [-0.4, -0.2) is 29.3 Å². The van der Waals surface area contributed by atoms with Crippen molar-refractivity contribution in [2.45, 2.75) is 12.5 Å². The zero-order chi connectivity index (χ0) is 19.1. The van der Waals surface area contributed by atoms with E-state index in [9.17, 15) is 9.59 Å². The van der Waals surface area contributed by atoms with Crippen LogP contribution in [0.1, 0.15) is 22.3 Å². The number of ketones is 1. The van der Waals surface area contributed by atoms with Crippen LogP contribution in [0.15, 0.2) is 49.1 Å². The van der Waals surface area contributed by atoms with Gasteiger partial charge in [0.2, 0.25) is 0 Å². The fourth-order valence-corrected chi connectivity index (χ4v) is 3.77. The number of primary amides is 1. The van der Waals surface area contributed by atoms with Gasteiger partial charge in [0.15, 0.2) is 5.78 Å². The van der Waals surface area contributed by atoms with E-state index >= 15 is 4.39 Å². The van der Waals surface area contributed by atoms with Crippen molar-refractivity contribution in [1.29, 1.82) is 0 Å². The number of fused-ring (bicyclic) bond motifs is 3. The molecule has 1 aliphatic heterocycles. The van der Waals surface area contributed by atoms with Crippen LogP contribution >= 0.6 is 0 Å². The topological polar surface area (TPSA) is 88.0 Å². The van der Waals surface area contributed by atoms with Crippen molar-refractivity contribution in [3.63, 3.8) is 0 Å². The lowest BCUT2D eigenvalue weighted by Gasteiger charge is -2.25. The summed E-state index contributed by atoms with van der Waals surface area (Å²) in [5.74, 6) is -1.53. The summed E-state index contributed by atoms with van der Waals surface area (Å²) in [5, 5.41) is 4.45. The van der Waals surface area contributed by atoms with Crippen LogP contribution in [0.2, 0.25) is 0 Å². The molecule has 1 unspecified atom stereocenters. The predicted molar refractivity (Wildman–Crippen MR) is 104 cm³/mol. The third-order valence-corrected chi connectivity index (χ3v) is 4.94. The van der Waals surface area contributed by atoms with Gasteiger partial charge in [-0.3, -0.25) is 9.59 Å². The van der Waals surface area contributed by atoms with E-state index in [-0.39, 0.29) is 11.3 Å². The Bertz CT molecular complexity index is 1140. The van der Waals surface area contributed by atoms with E-state index in [1.165, 1.54) is 6.08 Å². The van der Waals surface area contributed by atoms with Crippen molar-refractivity contribution in [2.75, 3.05) is 6.54 Å². The summed E-state index contributed by atoms with van der Waals surface area (Å²) in [6, 6.07) is 7.85. The number of H-pyrrole nitrogens is 1. The van der Waals surface area contributed by atoms with Crippen molar-refractivity contribution in [3.05, 3.63) is 66.0 Å². The zero-order valence-electron chi connectivity index (χ0n) is 14.5. The second-order valence-electron chi connectivity index (χ2n) is 6.51. The summed E-state index contributed by atoms with van der Waals surface area (Å²) in [6.07, 6.45) is 3.77. The Labute approximate surface area is 154 Å². The summed E-state index contributed by atoms with van der Waals surface area (Å²) in [6.45, 7) is 4.16. The lowest BCUT2D eigenvalue weighted by atomic mass is 9.88. The number of nitrogens with one attached hydrogen (secondary N) is 2. The third kappa shape index (κ3) is 2.65. The Kier molecular flexibility index (Phi) is 4.12. The lowest BCUT2D eigenvalue weighted by molar-refractivity contribution is -0.115. The standard InChI is InChI=1S/C21H18FN3O2/c1-2-16(26)19-12(7-5-9-24-19)17-14(22)10-13(21(23)27)20-18(17)11-6-3-4-8-15(11)25-20/h2-4,6-8,10,19,24-25H,1,5,9H2,(H2,23,27). The van der Waals surface area contributed by atoms with Crippen LogP contribution in [-0.2, 0) is 4.79 Å². The first-order chi connectivity index (χ1) is 13.0. The second-order valence-corrected chi connectivity index (χ2v) is 6.51. The molecule has 1 aliphatic rings. The van der Waals surface area contributed by atoms with Crippen LogP contribution in [0.25, 0.3) is 27.4 Å². The number of aromatic nitrogens is 1. The molecule has 6 heteroatoms. The molecular formula is C21H18FN3O2. The van der Waals surface area contributed by atoms with Crippen molar-refractivity contribution in [3.8, 4) is 0 Å². The van der Waals surface area contributed by atoms with Gasteiger partial charge in [0.25, 0.3) is 5.91 Å². The van der Waals surface area contributed by atoms with E-state index < -0.39 is 17.8 Å². The number of halogens is 1. The Hall–Kier alpha value is -3.25. The van der Waals surface area contributed by atoms with E-state index in [2.05, 4.69) is 16.9 Å². The average Bonchev–Trinajstić information content (AvgIpc) is 3.06. The molecule has 0 spiro atoms. The monoisotopic (exact) mass is 363 g/mol. The first-order valence-electron chi connectivity index (χ1n) is 8.65. The lowest BCUT2D eigenvalue weighted by Crippen LogP contribution is -2.40. The molecule has 0 radical (unpaired) electrons. The van der Waals surface area contributed by atoms with Crippen LogP contribution in [0.4, 0.5) is 4.39 Å². The van der Waals surface area contributed by atoms with E-state index in [0.717, 1.165) is 17.0 Å². The van der Waals surface area contributed by atoms with E-state index in [4.69, 9.17) is 5.73 Å². The number of aromatic amines is 1. The molecule has 1 atom stereocenters. The van der Waals surface area contributed by atoms with Gasteiger partial charge in [0.05, 0.1) is 17.1 Å². The summed E-state index contributed by atoms with van der Waals surface area (Å²) in [4.78, 5) is 27.4. The van der Waals surface area contributed by atoms with Gasteiger partial charge < -0.3 is 16.0 Å². The summed E-state index contributed by atoms with van der Waals surface area (Å²) in [7, 11) is 0. The molecule has 4 rings (SSSR count). The highest BCUT2D eigenvalue weighted by Crippen LogP contribution is 2.38.